The van der Waals surface area contributed by atoms with Gasteiger partial charge in [0.2, 0.25) is 0 Å². The Morgan fingerprint density at radius 1 is 0.769 bits per heavy atom. The van der Waals surface area contributed by atoms with Crippen LogP contribution in [0.25, 0.3) is 0 Å². The Hall–Kier alpha value is -3.06. The molecule has 39 heavy (non-hydrogen) atoms. The van der Waals surface area contributed by atoms with Gasteiger partial charge in [-0.15, -0.1) is 23.5 Å². The molecule has 4 aromatic carbocycles. The maximum absolute atomic E-state index is 11.4. The van der Waals surface area contributed by atoms with E-state index in [9.17, 15) is 10.1 Å². The molecule has 4 aromatic rings. The van der Waals surface area contributed by atoms with Crippen LogP contribution in [-0.4, -0.2) is 34.7 Å². The quantitative estimate of drug-likeness (QED) is 0.106. The Bertz CT molecular complexity index is 1300. The maximum Gasteiger partial charge on any atom is 0.269 e. The molecular formula is C33H34N2O2S2. The first-order valence-electron chi connectivity index (χ1n) is 13.6. The summed E-state index contributed by atoms with van der Waals surface area (Å²) in [4.78, 5) is 16.2. The van der Waals surface area contributed by atoms with Crippen LogP contribution in [0.5, 0.6) is 0 Å². The molecule has 0 aliphatic carbocycles. The number of hydrogen-bond acceptors (Lipinski definition) is 5. The minimum atomic E-state index is -0.316. The van der Waals surface area contributed by atoms with E-state index >= 15 is 0 Å². The molecular weight excluding hydrogens is 521 g/mol. The fourth-order valence-corrected chi connectivity index (χ4v) is 7.88. The Morgan fingerprint density at radius 3 is 1.92 bits per heavy atom. The van der Waals surface area contributed by atoms with Crippen LogP contribution >= 0.6 is 23.5 Å². The van der Waals surface area contributed by atoms with Crippen molar-refractivity contribution in [3.05, 3.63) is 137 Å². The summed E-state index contributed by atoms with van der Waals surface area (Å²) >= 11 is 3.78. The normalized spacial score (nSPS) is 16.0. The summed E-state index contributed by atoms with van der Waals surface area (Å²) in [6, 6.07) is 39.5. The van der Waals surface area contributed by atoms with E-state index < -0.39 is 0 Å². The second-order valence-corrected chi connectivity index (χ2v) is 12.4. The van der Waals surface area contributed by atoms with E-state index in [0.717, 1.165) is 30.8 Å². The van der Waals surface area contributed by atoms with E-state index in [1.807, 2.05) is 41.7 Å². The number of hydrogen-bond donors (Lipinski definition) is 0. The van der Waals surface area contributed by atoms with Crippen molar-refractivity contribution in [2.75, 3.05) is 18.8 Å². The number of likely N-dealkylation sites (tertiary alicyclic amines) is 1. The first kappa shape index (κ1) is 27.5. The molecule has 0 saturated carbocycles. The third-order valence-corrected chi connectivity index (χ3v) is 9.94. The molecule has 1 fully saturated rings. The Kier molecular flexibility index (Phi) is 9.76. The van der Waals surface area contributed by atoms with E-state index in [4.69, 9.17) is 0 Å². The monoisotopic (exact) mass is 554 g/mol. The first-order valence-corrected chi connectivity index (χ1v) is 15.4. The molecule has 0 radical (unpaired) electrons. The predicted octanol–water partition coefficient (Wildman–Crippen LogP) is 8.54. The molecule has 0 bridgehead atoms. The molecule has 200 valence electrons. The largest absolute Gasteiger partial charge is 0.298 e. The maximum atomic E-state index is 11.4. The number of rotatable bonds is 11. The summed E-state index contributed by atoms with van der Waals surface area (Å²) in [5.74, 6) is 1.65. The highest BCUT2D eigenvalue weighted by Crippen LogP contribution is 2.43. The lowest BCUT2D eigenvalue weighted by atomic mass is 9.89. The molecule has 6 heteroatoms. The van der Waals surface area contributed by atoms with Crippen molar-refractivity contribution >= 4 is 29.2 Å². The van der Waals surface area contributed by atoms with Crippen LogP contribution in [0.4, 0.5) is 5.69 Å². The van der Waals surface area contributed by atoms with Crippen molar-refractivity contribution in [1.82, 2.24) is 4.90 Å². The number of nitro benzene ring substituents is 1. The molecule has 0 N–H and O–H groups in total. The van der Waals surface area contributed by atoms with Crippen molar-refractivity contribution in [1.29, 1.82) is 0 Å². The highest BCUT2D eigenvalue weighted by molar-refractivity contribution is 8.00. The van der Waals surface area contributed by atoms with Gasteiger partial charge in [0.1, 0.15) is 0 Å². The average Bonchev–Trinajstić information content (AvgIpc) is 2.99. The van der Waals surface area contributed by atoms with Crippen molar-refractivity contribution in [3.63, 3.8) is 0 Å². The van der Waals surface area contributed by atoms with Crippen LogP contribution < -0.4 is 0 Å². The van der Waals surface area contributed by atoms with Crippen molar-refractivity contribution in [2.24, 2.45) is 5.92 Å². The number of non-ortho nitro benzene ring substituents is 1. The van der Waals surface area contributed by atoms with Gasteiger partial charge in [-0.3, -0.25) is 15.0 Å². The molecule has 5 rings (SSSR count). The van der Waals surface area contributed by atoms with Gasteiger partial charge in [0.05, 0.1) is 10.2 Å². The average molecular weight is 555 g/mol. The van der Waals surface area contributed by atoms with Gasteiger partial charge in [0.25, 0.3) is 5.69 Å². The number of piperidine rings is 1. The van der Waals surface area contributed by atoms with Crippen LogP contribution in [0.2, 0.25) is 0 Å². The fraction of sp³-hybridized carbons (Fsp3) is 0.273. The van der Waals surface area contributed by atoms with Crippen molar-refractivity contribution < 1.29 is 4.92 Å². The number of thioether (sulfide) groups is 2. The second-order valence-electron chi connectivity index (χ2n) is 10.1. The third kappa shape index (κ3) is 7.75. The number of benzene rings is 4. The highest BCUT2D eigenvalue weighted by Gasteiger charge is 2.33. The molecule has 1 heterocycles. The third-order valence-electron chi connectivity index (χ3n) is 7.44. The van der Waals surface area contributed by atoms with Gasteiger partial charge >= 0.3 is 0 Å². The van der Waals surface area contributed by atoms with Gasteiger partial charge in [0, 0.05) is 33.7 Å². The van der Waals surface area contributed by atoms with Crippen molar-refractivity contribution in [2.45, 2.75) is 40.3 Å². The fourth-order valence-electron chi connectivity index (χ4n) is 5.32. The minimum Gasteiger partial charge on any atom is -0.298 e. The number of nitro groups is 1. The predicted molar refractivity (Wildman–Crippen MR) is 164 cm³/mol. The zero-order valence-corrected chi connectivity index (χ0v) is 23.6. The topological polar surface area (TPSA) is 46.4 Å². The molecule has 4 nitrogen and oxygen atoms in total. The zero-order valence-electron chi connectivity index (χ0n) is 22.0. The lowest BCUT2D eigenvalue weighted by Gasteiger charge is -2.41. The highest BCUT2D eigenvalue weighted by atomic mass is 32.2. The first-order chi connectivity index (χ1) is 19.2. The zero-order chi connectivity index (χ0) is 26.9. The smallest absolute Gasteiger partial charge is 0.269 e. The summed E-state index contributed by atoms with van der Waals surface area (Å²) in [7, 11) is 0. The van der Waals surface area contributed by atoms with Crippen molar-refractivity contribution in [3.8, 4) is 0 Å². The van der Waals surface area contributed by atoms with E-state index in [1.165, 1.54) is 28.2 Å². The summed E-state index contributed by atoms with van der Waals surface area (Å²) in [6.45, 7) is 2.13. The van der Waals surface area contributed by atoms with E-state index in [2.05, 4.69) is 89.8 Å². The standard InChI is InChI=1S/C33H34N2O2S2/c36-35(37)29-18-16-28(17-19-29)33(39-31-14-8-3-9-15-31)32(25-38-30-12-6-2-7-13-30)34-22-20-27(21-23-34)24-26-10-4-1-5-11-26/h1-19,27,32-33H,20-25H2/t32-,33?/m0/s1. The summed E-state index contributed by atoms with van der Waals surface area (Å²) in [5.41, 5.74) is 2.70. The number of nitrogens with zero attached hydrogens (tertiary/aromatic N) is 2. The van der Waals surface area contributed by atoms with Crippen LogP contribution in [0.3, 0.4) is 0 Å². The molecule has 0 aromatic heterocycles. The van der Waals surface area contributed by atoms with Crippen LogP contribution in [-0.2, 0) is 6.42 Å². The summed E-state index contributed by atoms with van der Waals surface area (Å²) in [6.07, 6.45) is 3.51. The summed E-state index contributed by atoms with van der Waals surface area (Å²) < 4.78 is 0. The Labute approximate surface area is 240 Å². The molecule has 0 amide bonds. The van der Waals surface area contributed by atoms with Gasteiger partial charge in [0.15, 0.2) is 0 Å². The minimum absolute atomic E-state index is 0.138. The van der Waals surface area contributed by atoms with Gasteiger partial charge < -0.3 is 0 Å². The van der Waals surface area contributed by atoms with E-state index in [-0.39, 0.29) is 21.9 Å². The molecule has 1 saturated heterocycles. The second kappa shape index (κ2) is 13.8. The molecule has 1 unspecified atom stereocenters. The van der Waals surface area contributed by atoms with E-state index in [0.29, 0.717) is 5.92 Å². The molecule has 1 aliphatic heterocycles. The van der Waals surface area contributed by atoms with Gasteiger partial charge in [-0.05, 0) is 73.7 Å². The van der Waals surface area contributed by atoms with Gasteiger partial charge in [-0.1, -0.05) is 78.9 Å². The Balaban J connectivity index is 1.40. The molecule has 0 spiro atoms. The molecule has 2 atom stereocenters. The lowest BCUT2D eigenvalue weighted by Crippen LogP contribution is -2.45. The SMILES string of the molecule is O=[N+]([O-])c1ccc(C(Sc2ccccc2)[C@H](CSc2ccccc2)N2CCC(Cc3ccccc3)CC2)cc1. The molecule has 1 aliphatic rings. The van der Waals surface area contributed by atoms with Gasteiger partial charge in [-0.25, -0.2) is 0 Å². The van der Waals surface area contributed by atoms with Crippen LogP contribution in [0.1, 0.15) is 29.2 Å². The summed E-state index contributed by atoms with van der Waals surface area (Å²) in [5, 5.41) is 11.5. The van der Waals surface area contributed by atoms with Gasteiger partial charge in [-0.2, -0.15) is 0 Å². The Morgan fingerprint density at radius 2 is 1.33 bits per heavy atom. The van der Waals surface area contributed by atoms with E-state index in [1.54, 1.807) is 12.1 Å². The van der Waals surface area contributed by atoms with Crippen LogP contribution in [0.15, 0.2) is 125 Å². The lowest BCUT2D eigenvalue weighted by molar-refractivity contribution is -0.384. The van der Waals surface area contributed by atoms with Crippen LogP contribution in [0, 0.1) is 16.0 Å².